The van der Waals surface area contributed by atoms with Gasteiger partial charge in [-0.15, -0.1) is 11.3 Å². The van der Waals surface area contributed by atoms with Gasteiger partial charge in [-0.05, 0) is 23.1 Å². The summed E-state index contributed by atoms with van der Waals surface area (Å²) in [5.41, 5.74) is 0.912. The Hall–Kier alpha value is -1.36. The molecule has 0 atom stereocenters. The molecule has 1 aliphatic heterocycles. The molecule has 0 radical (unpaired) electrons. The van der Waals surface area contributed by atoms with Crippen LogP contribution in [0.25, 0.3) is 0 Å². The molecule has 1 fully saturated rings. The van der Waals surface area contributed by atoms with Crippen molar-refractivity contribution >= 4 is 28.8 Å². The number of halogens is 1. The third-order valence-corrected chi connectivity index (χ3v) is 5.21. The molecule has 3 nitrogen and oxygen atoms in total. The van der Waals surface area contributed by atoms with E-state index in [0.29, 0.717) is 11.4 Å². The fourth-order valence-corrected chi connectivity index (χ4v) is 3.64. The van der Waals surface area contributed by atoms with Crippen molar-refractivity contribution in [1.82, 2.24) is 9.80 Å². The van der Waals surface area contributed by atoms with Gasteiger partial charge in [0.15, 0.2) is 0 Å². The molecule has 2 heterocycles. The molecule has 0 bridgehead atoms. The van der Waals surface area contributed by atoms with E-state index in [9.17, 15) is 4.79 Å². The van der Waals surface area contributed by atoms with Gasteiger partial charge in [-0.1, -0.05) is 35.9 Å². The highest BCUT2D eigenvalue weighted by Crippen LogP contribution is 2.17. The maximum absolute atomic E-state index is 12.4. The van der Waals surface area contributed by atoms with Crippen molar-refractivity contribution in [3.63, 3.8) is 0 Å². The fourth-order valence-electron chi connectivity index (χ4n) is 2.69. The zero-order chi connectivity index (χ0) is 15.4. The van der Waals surface area contributed by atoms with Gasteiger partial charge in [-0.3, -0.25) is 9.69 Å². The molecule has 1 amide bonds. The highest BCUT2D eigenvalue weighted by Gasteiger charge is 2.21. The minimum Gasteiger partial charge on any atom is -0.340 e. The van der Waals surface area contributed by atoms with Crippen molar-refractivity contribution in [2.24, 2.45) is 0 Å². The van der Waals surface area contributed by atoms with Crippen LogP contribution in [0.1, 0.15) is 10.4 Å². The number of hydrogen-bond acceptors (Lipinski definition) is 3. The molecular weight excluding hydrogens is 316 g/mol. The Kier molecular flexibility index (Phi) is 5.13. The Morgan fingerprint density at radius 3 is 2.55 bits per heavy atom. The third kappa shape index (κ3) is 3.88. The minimum absolute atomic E-state index is 0.170. The molecule has 1 aliphatic rings. The zero-order valence-electron chi connectivity index (χ0n) is 12.4. The van der Waals surface area contributed by atoms with E-state index in [0.717, 1.165) is 38.3 Å². The van der Waals surface area contributed by atoms with Crippen molar-refractivity contribution in [2.75, 3.05) is 26.2 Å². The van der Waals surface area contributed by atoms with Gasteiger partial charge in [0.1, 0.15) is 0 Å². The van der Waals surface area contributed by atoms with E-state index >= 15 is 0 Å². The van der Waals surface area contributed by atoms with Gasteiger partial charge in [0.25, 0.3) is 0 Å². The molecule has 1 aromatic heterocycles. The molecule has 3 rings (SSSR count). The quantitative estimate of drug-likeness (QED) is 0.856. The van der Waals surface area contributed by atoms with Crippen LogP contribution < -0.4 is 0 Å². The lowest BCUT2D eigenvalue weighted by Gasteiger charge is -2.34. The Bertz CT molecular complexity index is 621. The van der Waals surface area contributed by atoms with Crippen LogP contribution in [0.4, 0.5) is 0 Å². The van der Waals surface area contributed by atoms with Crippen molar-refractivity contribution < 1.29 is 4.79 Å². The number of benzene rings is 1. The van der Waals surface area contributed by atoms with Gasteiger partial charge in [-0.2, -0.15) is 0 Å². The van der Waals surface area contributed by atoms with Crippen molar-refractivity contribution in [3.05, 3.63) is 57.2 Å². The van der Waals surface area contributed by atoms with Gasteiger partial charge < -0.3 is 4.90 Å². The van der Waals surface area contributed by atoms with Crippen LogP contribution in [0.3, 0.4) is 0 Å². The van der Waals surface area contributed by atoms with Gasteiger partial charge in [0, 0.05) is 42.6 Å². The average Bonchev–Trinajstić information content (AvgIpc) is 3.03. The Labute approximate surface area is 140 Å². The standard InChI is InChI=1S/C17H19ClN2OS/c18-16-6-2-1-4-14(16)12-17(21)20-9-7-19(8-10-20)13-15-5-3-11-22-15/h1-6,11H,7-10,12-13H2. The SMILES string of the molecule is O=C(Cc1ccccc1Cl)N1CCN(Cc2cccs2)CC1. The first kappa shape index (κ1) is 15.5. The van der Waals surface area contributed by atoms with E-state index in [1.165, 1.54) is 4.88 Å². The number of carbonyl (C=O) groups is 1. The molecule has 1 saturated heterocycles. The van der Waals surface area contributed by atoms with E-state index in [2.05, 4.69) is 22.4 Å². The van der Waals surface area contributed by atoms with E-state index in [4.69, 9.17) is 11.6 Å². The number of amides is 1. The number of rotatable bonds is 4. The number of piperazine rings is 1. The molecule has 0 unspecified atom stereocenters. The lowest BCUT2D eigenvalue weighted by molar-refractivity contribution is -0.132. The minimum atomic E-state index is 0.170. The first-order valence-corrected chi connectivity index (χ1v) is 8.74. The number of nitrogens with zero attached hydrogens (tertiary/aromatic N) is 2. The summed E-state index contributed by atoms with van der Waals surface area (Å²) in [6.07, 6.45) is 0.393. The van der Waals surface area contributed by atoms with Crippen LogP contribution in [-0.2, 0) is 17.8 Å². The summed E-state index contributed by atoms with van der Waals surface area (Å²) in [5.74, 6) is 0.170. The molecule has 116 valence electrons. The van der Waals surface area contributed by atoms with E-state index in [1.54, 1.807) is 11.3 Å². The summed E-state index contributed by atoms with van der Waals surface area (Å²) < 4.78 is 0. The van der Waals surface area contributed by atoms with Gasteiger partial charge >= 0.3 is 0 Å². The predicted octanol–water partition coefficient (Wildman–Crippen LogP) is 3.29. The van der Waals surface area contributed by atoms with Crippen LogP contribution in [0.15, 0.2) is 41.8 Å². The summed E-state index contributed by atoms with van der Waals surface area (Å²) in [7, 11) is 0. The molecule has 5 heteroatoms. The van der Waals surface area contributed by atoms with Crippen LogP contribution in [0.2, 0.25) is 5.02 Å². The van der Waals surface area contributed by atoms with Gasteiger partial charge in [0.2, 0.25) is 5.91 Å². The molecular formula is C17H19ClN2OS. The van der Waals surface area contributed by atoms with Gasteiger partial charge in [-0.25, -0.2) is 0 Å². The lowest BCUT2D eigenvalue weighted by atomic mass is 10.1. The van der Waals surface area contributed by atoms with Gasteiger partial charge in [0.05, 0.1) is 6.42 Å². The van der Waals surface area contributed by atoms with Crippen LogP contribution in [-0.4, -0.2) is 41.9 Å². The molecule has 1 aromatic carbocycles. The fraction of sp³-hybridized carbons (Fsp3) is 0.353. The Balaban J connectivity index is 1.50. The van der Waals surface area contributed by atoms with Crippen molar-refractivity contribution in [3.8, 4) is 0 Å². The predicted molar refractivity (Wildman–Crippen MR) is 91.3 cm³/mol. The second kappa shape index (κ2) is 7.27. The summed E-state index contributed by atoms with van der Waals surface area (Å²) in [6, 6.07) is 11.8. The second-order valence-electron chi connectivity index (χ2n) is 5.50. The normalized spacial score (nSPS) is 16.0. The summed E-state index contributed by atoms with van der Waals surface area (Å²) in [5, 5.41) is 2.78. The largest absolute Gasteiger partial charge is 0.340 e. The highest BCUT2D eigenvalue weighted by molar-refractivity contribution is 7.09. The maximum atomic E-state index is 12.4. The first-order chi connectivity index (χ1) is 10.7. The van der Waals surface area contributed by atoms with Crippen LogP contribution in [0, 0.1) is 0 Å². The zero-order valence-corrected chi connectivity index (χ0v) is 13.9. The molecule has 22 heavy (non-hydrogen) atoms. The topological polar surface area (TPSA) is 23.6 Å². The summed E-state index contributed by atoms with van der Waals surface area (Å²) in [6.45, 7) is 4.46. The third-order valence-electron chi connectivity index (χ3n) is 3.98. The summed E-state index contributed by atoms with van der Waals surface area (Å²) in [4.78, 5) is 18.1. The second-order valence-corrected chi connectivity index (χ2v) is 6.94. The van der Waals surface area contributed by atoms with Crippen LogP contribution in [0.5, 0.6) is 0 Å². The molecule has 0 N–H and O–H groups in total. The monoisotopic (exact) mass is 334 g/mol. The van der Waals surface area contributed by atoms with E-state index < -0.39 is 0 Å². The molecule has 0 spiro atoms. The first-order valence-electron chi connectivity index (χ1n) is 7.48. The average molecular weight is 335 g/mol. The number of thiophene rings is 1. The molecule has 2 aromatic rings. The number of hydrogen-bond donors (Lipinski definition) is 0. The van der Waals surface area contributed by atoms with Crippen molar-refractivity contribution in [2.45, 2.75) is 13.0 Å². The van der Waals surface area contributed by atoms with E-state index in [1.807, 2.05) is 29.2 Å². The summed E-state index contributed by atoms with van der Waals surface area (Å²) >= 11 is 7.92. The van der Waals surface area contributed by atoms with Crippen LogP contribution >= 0.6 is 22.9 Å². The molecule has 0 saturated carbocycles. The Morgan fingerprint density at radius 2 is 1.86 bits per heavy atom. The van der Waals surface area contributed by atoms with E-state index in [-0.39, 0.29) is 5.91 Å². The smallest absolute Gasteiger partial charge is 0.227 e. The maximum Gasteiger partial charge on any atom is 0.227 e. The Morgan fingerprint density at radius 1 is 1.09 bits per heavy atom. The molecule has 0 aliphatic carbocycles. The van der Waals surface area contributed by atoms with Crippen molar-refractivity contribution in [1.29, 1.82) is 0 Å². The highest BCUT2D eigenvalue weighted by atomic mass is 35.5. The lowest BCUT2D eigenvalue weighted by Crippen LogP contribution is -2.48. The number of carbonyl (C=O) groups excluding carboxylic acids is 1.